The normalized spacial score (nSPS) is 11.1. The Morgan fingerprint density at radius 2 is 1.67 bits per heavy atom. The van der Waals surface area contributed by atoms with Crippen LogP contribution in [0.5, 0.6) is 0 Å². The van der Waals surface area contributed by atoms with Gasteiger partial charge < -0.3 is 20.5 Å². The van der Waals surface area contributed by atoms with Gasteiger partial charge in [-0.05, 0) is 44.0 Å². The standard InChI is InChI=1S/C12H16N2O3.K/c1-7-4-8(2)6-10(5-7)14-12(17)13-9(3)11(15)16;/h4-6,9H,1-3H3,(H,15,16)(H2,13,14,17);/q;+1/p-1. The zero-order chi connectivity index (χ0) is 13.0. The van der Waals surface area contributed by atoms with Crippen molar-refractivity contribution in [3.63, 3.8) is 0 Å². The maximum atomic E-state index is 11.4. The first-order chi connectivity index (χ1) is 7.88. The Morgan fingerprint density at radius 1 is 1.17 bits per heavy atom. The van der Waals surface area contributed by atoms with E-state index in [1.54, 1.807) is 12.1 Å². The van der Waals surface area contributed by atoms with Gasteiger partial charge in [-0.2, -0.15) is 0 Å². The predicted molar refractivity (Wildman–Crippen MR) is 62.5 cm³/mol. The fraction of sp³-hybridized carbons (Fsp3) is 0.333. The first kappa shape index (κ1) is 17.6. The maximum Gasteiger partial charge on any atom is 1.00 e. The van der Waals surface area contributed by atoms with E-state index in [4.69, 9.17) is 0 Å². The van der Waals surface area contributed by atoms with Crippen molar-refractivity contribution >= 4 is 17.7 Å². The van der Waals surface area contributed by atoms with Gasteiger partial charge in [-0.1, -0.05) is 6.07 Å². The van der Waals surface area contributed by atoms with Gasteiger partial charge in [0.25, 0.3) is 0 Å². The summed E-state index contributed by atoms with van der Waals surface area (Å²) >= 11 is 0. The Balaban J connectivity index is 0.00000289. The van der Waals surface area contributed by atoms with Gasteiger partial charge in [-0.3, -0.25) is 0 Å². The van der Waals surface area contributed by atoms with Crippen LogP contribution >= 0.6 is 0 Å². The Hall–Kier alpha value is -0.404. The molecule has 0 spiro atoms. The van der Waals surface area contributed by atoms with Crippen LogP contribution in [0.3, 0.4) is 0 Å². The number of anilines is 1. The summed E-state index contributed by atoms with van der Waals surface area (Å²) < 4.78 is 0. The Bertz CT molecular complexity index is 429. The van der Waals surface area contributed by atoms with E-state index in [-0.39, 0.29) is 51.4 Å². The molecule has 2 amide bonds. The van der Waals surface area contributed by atoms with Crippen LogP contribution < -0.4 is 67.1 Å². The number of rotatable bonds is 3. The van der Waals surface area contributed by atoms with Gasteiger partial charge >= 0.3 is 57.4 Å². The summed E-state index contributed by atoms with van der Waals surface area (Å²) in [6.07, 6.45) is 0. The topological polar surface area (TPSA) is 81.3 Å². The van der Waals surface area contributed by atoms with E-state index in [1.807, 2.05) is 19.9 Å². The first-order valence-electron chi connectivity index (χ1n) is 5.25. The number of hydrogen-bond acceptors (Lipinski definition) is 3. The van der Waals surface area contributed by atoms with Crippen molar-refractivity contribution < 1.29 is 66.1 Å². The molecule has 0 fully saturated rings. The number of aliphatic carboxylic acids is 1. The number of benzene rings is 1. The molecule has 1 atom stereocenters. The second-order valence-corrected chi connectivity index (χ2v) is 4.02. The van der Waals surface area contributed by atoms with Crippen LogP contribution in [0.25, 0.3) is 0 Å². The minimum Gasteiger partial charge on any atom is -0.548 e. The van der Waals surface area contributed by atoms with Crippen LogP contribution in [-0.2, 0) is 4.79 Å². The molecule has 6 heteroatoms. The second-order valence-electron chi connectivity index (χ2n) is 4.02. The van der Waals surface area contributed by atoms with E-state index in [1.165, 1.54) is 6.92 Å². The van der Waals surface area contributed by atoms with Gasteiger partial charge in [0.1, 0.15) is 0 Å². The average molecular weight is 274 g/mol. The first-order valence-corrected chi connectivity index (χ1v) is 5.25. The third kappa shape index (κ3) is 5.97. The molecule has 0 aliphatic rings. The average Bonchev–Trinajstić information content (AvgIpc) is 2.14. The van der Waals surface area contributed by atoms with E-state index in [9.17, 15) is 14.7 Å². The van der Waals surface area contributed by atoms with E-state index < -0.39 is 18.0 Å². The van der Waals surface area contributed by atoms with Gasteiger partial charge in [0, 0.05) is 5.69 Å². The van der Waals surface area contributed by atoms with Crippen LogP contribution in [0, 0.1) is 13.8 Å². The summed E-state index contributed by atoms with van der Waals surface area (Å²) in [5.41, 5.74) is 2.67. The third-order valence-electron chi connectivity index (χ3n) is 2.18. The molecule has 2 N–H and O–H groups in total. The Morgan fingerprint density at radius 3 is 2.11 bits per heavy atom. The minimum atomic E-state index is -1.32. The van der Waals surface area contributed by atoms with Gasteiger partial charge in [0.15, 0.2) is 0 Å². The molecule has 0 aliphatic heterocycles. The van der Waals surface area contributed by atoms with Crippen molar-refractivity contribution in [2.45, 2.75) is 26.8 Å². The number of carboxylic acid groups (broad SMARTS) is 1. The largest absolute Gasteiger partial charge is 1.00 e. The fourth-order valence-electron chi connectivity index (χ4n) is 1.47. The van der Waals surface area contributed by atoms with Crippen LogP contribution in [0.15, 0.2) is 18.2 Å². The quantitative estimate of drug-likeness (QED) is 0.601. The molecule has 1 rings (SSSR count). The van der Waals surface area contributed by atoms with Crippen molar-refractivity contribution in [3.8, 4) is 0 Å². The van der Waals surface area contributed by atoms with E-state index in [2.05, 4.69) is 10.6 Å². The number of carbonyl (C=O) groups is 2. The molecule has 0 saturated heterocycles. The molecule has 18 heavy (non-hydrogen) atoms. The molecule has 0 radical (unpaired) electrons. The maximum absolute atomic E-state index is 11.4. The molecule has 5 nitrogen and oxygen atoms in total. The van der Waals surface area contributed by atoms with Crippen molar-refractivity contribution in [1.29, 1.82) is 0 Å². The van der Waals surface area contributed by atoms with Crippen LogP contribution in [0.2, 0.25) is 0 Å². The SMILES string of the molecule is Cc1cc(C)cc(NC(=O)NC(C)C(=O)[O-])c1.[K+]. The fourth-order valence-corrected chi connectivity index (χ4v) is 1.47. The summed E-state index contributed by atoms with van der Waals surface area (Å²) in [7, 11) is 0. The number of nitrogens with one attached hydrogen (secondary N) is 2. The van der Waals surface area contributed by atoms with Crippen molar-refractivity contribution in [2.24, 2.45) is 0 Å². The predicted octanol–water partition coefficient (Wildman–Crippen LogP) is -2.43. The molecule has 1 aromatic carbocycles. The summed E-state index contributed by atoms with van der Waals surface area (Å²) in [5, 5.41) is 15.3. The molecule has 0 aromatic heterocycles. The number of aryl methyl sites for hydroxylation is 2. The summed E-state index contributed by atoms with van der Waals surface area (Å²) in [5.74, 6) is -1.32. The van der Waals surface area contributed by atoms with E-state index in [0.29, 0.717) is 5.69 Å². The molecular weight excluding hydrogens is 259 g/mol. The molecule has 1 unspecified atom stereocenters. The zero-order valence-electron chi connectivity index (χ0n) is 11.0. The summed E-state index contributed by atoms with van der Waals surface area (Å²) in [6.45, 7) is 5.18. The van der Waals surface area contributed by atoms with Crippen molar-refractivity contribution in [1.82, 2.24) is 5.32 Å². The second kappa shape index (κ2) is 7.91. The third-order valence-corrected chi connectivity index (χ3v) is 2.18. The smallest absolute Gasteiger partial charge is 0.548 e. The van der Waals surface area contributed by atoms with Crippen molar-refractivity contribution in [3.05, 3.63) is 29.3 Å². The Kier molecular flexibility index (Phi) is 7.73. The number of carbonyl (C=O) groups excluding carboxylic acids is 2. The van der Waals surface area contributed by atoms with Crippen molar-refractivity contribution in [2.75, 3.05) is 5.32 Å². The van der Waals surface area contributed by atoms with Gasteiger partial charge in [0.05, 0.1) is 12.0 Å². The summed E-state index contributed by atoms with van der Waals surface area (Å²) in [4.78, 5) is 21.9. The number of amides is 2. The zero-order valence-corrected chi connectivity index (χ0v) is 14.2. The van der Waals surface area contributed by atoms with Gasteiger partial charge in [-0.25, -0.2) is 4.79 Å². The minimum absolute atomic E-state index is 0. The monoisotopic (exact) mass is 274 g/mol. The Labute approximate surface area is 149 Å². The molecule has 0 bridgehead atoms. The van der Waals surface area contributed by atoms with Gasteiger partial charge in [-0.15, -0.1) is 0 Å². The molecule has 0 aliphatic carbocycles. The number of urea groups is 1. The number of carboxylic acids is 1. The molecule has 0 heterocycles. The molecule has 92 valence electrons. The van der Waals surface area contributed by atoms with Gasteiger partial charge in [0.2, 0.25) is 0 Å². The van der Waals surface area contributed by atoms with E-state index >= 15 is 0 Å². The molecular formula is C12H15KN2O3. The summed E-state index contributed by atoms with van der Waals surface area (Å²) in [6, 6.07) is 3.99. The van der Waals surface area contributed by atoms with Crippen LogP contribution in [-0.4, -0.2) is 18.0 Å². The van der Waals surface area contributed by atoms with Crippen LogP contribution in [0.1, 0.15) is 18.1 Å². The number of hydrogen-bond donors (Lipinski definition) is 2. The molecule has 0 saturated carbocycles. The van der Waals surface area contributed by atoms with E-state index in [0.717, 1.165) is 11.1 Å². The van der Waals surface area contributed by atoms with Crippen LogP contribution in [0.4, 0.5) is 10.5 Å². The molecule has 1 aromatic rings.